The zero-order valence-electron chi connectivity index (χ0n) is 12.5. The van der Waals surface area contributed by atoms with Crippen LogP contribution in [-0.2, 0) is 17.1 Å². The van der Waals surface area contributed by atoms with Crippen molar-refractivity contribution in [2.75, 3.05) is 0 Å². The second-order valence-electron chi connectivity index (χ2n) is 5.13. The van der Waals surface area contributed by atoms with Gasteiger partial charge >= 0.3 is 17.1 Å². The molecule has 1 unspecified atom stereocenters. The molecule has 0 radical (unpaired) electrons. The Kier molecular flexibility index (Phi) is 6.84. The van der Waals surface area contributed by atoms with Gasteiger partial charge < -0.3 is 5.43 Å². The summed E-state index contributed by atoms with van der Waals surface area (Å²) in [7, 11) is 0. The van der Waals surface area contributed by atoms with Gasteiger partial charge in [-0.05, 0) is 29.8 Å². The number of nitrogens with one attached hydrogen (secondary N) is 1. The summed E-state index contributed by atoms with van der Waals surface area (Å²) >= 11 is 3.45. The van der Waals surface area contributed by atoms with Crippen molar-refractivity contribution in [1.82, 2.24) is 5.43 Å². The van der Waals surface area contributed by atoms with E-state index in [2.05, 4.69) is 62.9 Å². The third-order valence-corrected chi connectivity index (χ3v) is 4.11. The van der Waals surface area contributed by atoms with Gasteiger partial charge in [0.05, 0.1) is 6.04 Å². The van der Waals surface area contributed by atoms with E-state index in [0.717, 1.165) is 16.6 Å². The van der Waals surface area contributed by atoms with Crippen LogP contribution in [0, 0.1) is 0 Å². The molecule has 1 heterocycles. The van der Waals surface area contributed by atoms with Gasteiger partial charge in [0.2, 0.25) is 0 Å². The molecule has 118 valence electrons. The molecule has 4 heteroatoms. The van der Waals surface area contributed by atoms with Crippen molar-refractivity contribution in [2.24, 2.45) is 5.10 Å². The van der Waals surface area contributed by atoms with E-state index in [0.29, 0.717) is 6.04 Å². The van der Waals surface area contributed by atoms with Gasteiger partial charge in [0.25, 0.3) is 0 Å². The maximum absolute atomic E-state index is 4.41. The van der Waals surface area contributed by atoms with Crippen LogP contribution in [0.3, 0.4) is 0 Å². The first-order chi connectivity index (χ1) is 10.8. The van der Waals surface area contributed by atoms with E-state index in [9.17, 15) is 0 Å². The Morgan fingerprint density at radius 1 is 1.00 bits per heavy atom. The van der Waals surface area contributed by atoms with Crippen LogP contribution in [0.1, 0.15) is 23.6 Å². The molecule has 0 amide bonds. The van der Waals surface area contributed by atoms with Crippen molar-refractivity contribution in [1.29, 1.82) is 0 Å². The molecule has 0 saturated heterocycles. The van der Waals surface area contributed by atoms with Crippen LogP contribution in [0.25, 0.3) is 0 Å². The van der Waals surface area contributed by atoms with Crippen molar-refractivity contribution in [3.05, 3.63) is 94.5 Å². The molecule has 1 atom stereocenters. The molecule has 23 heavy (non-hydrogen) atoms. The van der Waals surface area contributed by atoms with Crippen molar-refractivity contribution in [3.63, 3.8) is 0 Å². The standard InChI is InChI=1S/C14H12BrN2.C5H5.Fe/c15-12-7-5-11(6-8-12)14-9-13(16-17-14)10-3-1-2-4-10;1-2-4-5-3-1;/h1-8,14,17H,9H2;1-5H;/q2*-1;+2. The van der Waals surface area contributed by atoms with E-state index in [1.807, 2.05) is 42.5 Å². The Morgan fingerprint density at radius 2 is 1.74 bits per heavy atom. The molecule has 3 aromatic rings. The monoisotopic (exact) mass is 408 g/mol. The van der Waals surface area contributed by atoms with Gasteiger partial charge in [0, 0.05) is 4.47 Å². The predicted molar refractivity (Wildman–Crippen MR) is 95.2 cm³/mol. The van der Waals surface area contributed by atoms with Crippen LogP contribution >= 0.6 is 15.9 Å². The maximum atomic E-state index is 4.41. The number of hydrogen-bond donors (Lipinski definition) is 1. The summed E-state index contributed by atoms with van der Waals surface area (Å²) < 4.78 is 1.11. The predicted octanol–water partition coefficient (Wildman–Crippen LogP) is 5.01. The van der Waals surface area contributed by atoms with Gasteiger partial charge in [-0.1, -0.05) is 28.1 Å². The zero-order chi connectivity index (χ0) is 15.2. The van der Waals surface area contributed by atoms with E-state index in [4.69, 9.17) is 0 Å². The van der Waals surface area contributed by atoms with Crippen LogP contribution in [0.4, 0.5) is 0 Å². The molecule has 0 saturated carbocycles. The first-order valence-electron chi connectivity index (χ1n) is 7.29. The summed E-state index contributed by atoms with van der Waals surface area (Å²) in [6, 6.07) is 27.0. The molecule has 1 aliphatic rings. The Hall–Kier alpha value is -1.61. The van der Waals surface area contributed by atoms with Crippen LogP contribution < -0.4 is 5.43 Å². The Bertz CT molecular complexity index is 683. The van der Waals surface area contributed by atoms with Crippen molar-refractivity contribution in [3.8, 4) is 0 Å². The summed E-state index contributed by atoms with van der Waals surface area (Å²) in [5, 5.41) is 4.41. The molecule has 1 N–H and O–H groups in total. The van der Waals surface area contributed by atoms with E-state index in [1.165, 1.54) is 11.1 Å². The molecular formula is C19H17BrFeN2. The van der Waals surface area contributed by atoms with E-state index in [1.54, 1.807) is 0 Å². The molecule has 2 nitrogen and oxygen atoms in total. The zero-order valence-corrected chi connectivity index (χ0v) is 15.2. The fourth-order valence-electron chi connectivity index (χ4n) is 2.40. The number of hydrazone groups is 1. The van der Waals surface area contributed by atoms with Gasteiger partial charge in [0.1, 0.15) is 0 Å². The Morgan fingerprint density at radius 3 is 2.30 bits per heavy atom. The number of hydrogen-bond acceptors (Lipinski definition) is 2. The number of rotatable bonds is 2. The minimum absolute atomic E-state index is 0. The van der Waals surface area contributed by atoms with Crippen LogP contribution in [-0.4, -0.2) is 5.71 Å². The van der Waals surface area contributed by atoms with Gasteiger partial charge in [-0.2, -0.15) is 36.4 Å². The number of halogens is 1. The topological polar surface area (TPSA) is 24.4 Å². The molecule has 0 bridgehead atoms. The van der Waals surface area contributed by atoms with Crippen molar-refractivity contribution < 1.29 is 17.1 Å². The molecule has 0 spiro atoms. The second kappa shape index (κ2) is 8.87. The van der Waals surface area contributed by atoms with Gasteiger partial charge in [0.15, 0.2) is 0 Å². The average molecular weight is 409 g/mol. The molecule has 0 aromatic heterocycles. The summed E-state index contributed by atoms with van der Waals surface area (Å²) in [5.41, 5.74) is 6.84. The summed E-state index contributed by atoms with van der Waals surface area (Å²) in [5.74, 6) is 0. The fourth-order valence-corrected chi connectivity index (χ4v) is 2.66. The van der Waals surface area contributed by atoms with Gasteiger partial charge in [-0.15, -0.1) is 11.6 Å². The fraction of sp³-hybridized carbons (Fsp3) is 0.105. The summed E-state index contributed by atoms with van der Waals surface area (Å²) in [4.78, 5) is 0. The second-order valence-corrected chi connectivity index (χ2v) is 6.05. The number of nitrogens with zero attached hydrogens (tertiary/aromatic N) is 1. The molecule has 0 aliphatic carbocycles. The van der Waals surface area contributed by atoms with E-state index in [-0.39, 0.29) is 17.1 Å². The Balaban J connectivity index is 0.000000276. The van der Waals surface area contributed by atoms with E-state index < -0.39 is 0 Å². The first kappa shape index (κ1) is 17.7. The van der Waals surface area contributed by atoms with Crippen LogP contribution in [0.15, 0.2) is 88.4 Å². The Labute approximate surface area is 155 Å². The largest absolute Gasteiger partial charge is 2.00 e. The third kappa shape index (κ3) is 4.93. The minimum atomic E-state index is 0. The quantitative estimate of drug-likeness (QED) is 0.467. The SMILES string of the molecule is Brc1ccc(C2CC(c3ccc[cH-]3)=NN2)cc1.[Fe+2].c1cc[cH-]c1. The molecule has 1 aliphatic heterocycles. The van der Waals surface area contributed by atoms with Crippen LogP contribution in [0.2, 0.25) is 0 Å². The molecular weight excluding hydrogens is 392 g/mol. The molecule has 4 rings (SSSR count). The summed E-state index contributed by atoms with van der Waals surface area (Å²) in [6.07, 6.45) is 0.950. The third-order valence-electron chi connectivity index (χ3n) is 3.58. The summed E-state index contributed by atoms with van der Waals surface area (Å²) in [6.45, 7) is 0. The van der Waals surface area contributed by atoms with E-state index >= 15 is 0 Å². The molecule has 0 fully saturated rings. The first-order valence-corrected chi connectivity index (χ1v) is 8.08. The number of benzene rings is 1. The van der Waals surface area contributed by atoms with Crippen molar-refractivity contribution >= 4 is 21.6 Å². The van der Waals surface area contributed by atoms with Crippen molar-refractivity contribution in [2.45, 2.75) is 12.5 Å². The van der Waals surface area contributed by atoms with Gasteiger partial charge in [-0.3, -0.25) is 0 Å². The van der Waals surface area contributed by atoms with Crippen LogP contribution in [0.5, 0.6) is 0 Å². The smallest absolute Gasteiger partial charge is 0.312 e. The van der Waals surface area contributed by atoms with Gasteiger partial charge in [-0.25, -0.2) is 17.2 Å². The molecule has 3 aromatic carbocycles. The normalized spacial score (nSPS) is 15.7. The average Bonchev–Trinajstić information content (AvgIpc) is 3.30. The maximum Gasteiger partial charge on any atom is 2.00 e. The minimum Gasteiger partial charge on any atom is -0.312 e.